The first-order chi connectivity index (χ1) is 19.7. The lowest BCUT2D eigenvalue weighted by Gasteiger charge is -2.33. The van der Waals surface area contributed by atoms with Crippen molar-refractivity contribution in [3.63, 3.8) is 0 Å². The van der Waals surface area contributed by atoms with Crippen molar-refractivity contribution in [1.82, 2.24) is 24.2 Å². The Balaban J connectivity index is 1.31. The van der Waals surface area contributed by atoms with E-state index in [1.165, 1.54) is 6.33 Å². The summed E-state index contributed by atoms with van der Waals surface area (Å²) in [6.07, 6.45) is 2.40. The number of nitrogens with zero attached hydrogens (tertiary/aromatic N) is 5. The molecule has 0 amide bonds. The molecule has 1 fully saturated rings. The lowest BCUT2D eigenvalue weighted by molar-refractivity contribution is 0.458. The molecule has 1 N–H and O–H groups in total. The van der Waals surface area contributed by atoms with Crippen molar-refractivity contribution >= 4 is 50.2 Å². The van der Waals surface area contributed by atoms with Gasteiger partial charge in [-0.25, -0.2) is 36.9 Å². The molecule has 6 rings (SSSR count). The van der Waals surface area contributed by atoms with E-state index in [0.29, 0.717) is 64.8 Å². The Morgan fingerprint density at radius 3 is 2.34 bits per heavy atom. The molecule has 2 aromatic heterocycles. The lowest BCUT2D eigenvalue weighted by Crippen LogP contribution is -2.45. The molecule has 0 aliphatic carbocycles. The minimum absolute atomic E-state index is 0.323. The minimum Gasteiger partial charge on any atom is -0.355 e. The van der Waals surface area contributed by atoms with Gasteiger partial charge in [0.2, 0.25) is 10.0 Å². The largest absolute Gasteiger partial charge is 0.355 e. The Bertz CT molecular complexity index is 1860. The second-order valence-corrected chi connectivity index (χ2v) is 12.1. The van der Waals surface area contributed by atoms with Gasteiger partial charge >= 0.3 is 0 Å². The summed E-state index contributed by atoms with van der Waals surface area (Å²) in [5, 5.41) is 1.12. The van der Waals surface area contributed by atoms with Crippen LogP contribution in [0.2, 0.25) is 10.0 Å². The molecule has 0 spiro atoms. The van der Waals surface area contributed by atoms with Gasteiger partial charge in [-0.2, -0.15) is 0 Å². The SMILES string of the molecule is O=S(=O)(NC1CCN(c2ncnc3c2nc(-c2ccccc2Cl)n3-c2ccc(Cl)cc2)CC1)c1ccc(F)c(F)c1. The highest BCUT2D eigenvalue weighted by Gasteiger charge is 2.28. The van der Waals surface area contributed by atoms with E-state index in [1.54, 1.807) is 18.2 Å². The number of fused-ring (bicyclic) bond motifs is 1. The highest BCUT2D eigenvalue weighted by Crippen LogP contribution is 2.35. The Morgan fingerprint density at radius 1 is 0.902 bits per heavy atom. The third-order valence-corrected chi connectivity index (χ3v) is 9.04. The van der Waals surface area contributed by atoms with E-state index < -0.39 is 27.7 Å². The summed E-state index contributed by atoms with van der Waals surface area (Å²) < 4.78 is 57.0. The number of imidazole rings is 1. The standard InChI is InChI=1S/C28H22Cl2F2N6O2S/c29-17-5-7-19(8-6-17)38-26(21-3-1-2-4-22(21)30)35-25-27(33-16-34-28(25)38)37-13-11-18(12-14-37)36-41(39,40)20-9-10-23(31)24(32)15-20/h1-10,15-16,18,36H,11-14H2. The van der Waals surface area contributed by atoms with E-state index in [4.69, 9.17) is 28.2 Å². The van der Waals surface area contributed by atoms with Crippen molar-refractivity contribution in [2.75, 3.05) is 18.0 Å². The number of anilines is 1. The number of hydrogen-bond acceptors (Lipinski definition) is 6. The molecule has 5 aromatic rings. The first-order valence-electron chi connectivity index (χ1n) is 12.7. The summed E-state index contributed by atoms with van der Waals surface area (Å²) in [4.78, 5) is 15.8. The molecule has 0 bridgehead atoms. The van der Waals surface area contributed by atoms with E-state index in [2.05, 4.69) is 14.7 Å². The first kappa shape index (κ1) is 27.5. The zero-order valence-electron chi connectivity index (χ0n) is 21.3. The average molecular weight is 615 g/mol. The van der Waals surface area contributed by atoms with Crippen LogP contribution in [-0.2, 0) is 10.0 Å². The number of piperidine rings is 1. The molecular weight excluding hydrogens is 593 g/mol. The molecule has 3 aromatic carbocycles. The van der Waals surface area contributed by atoms with Gasteiger partial charge in [-0.3, -0.25) is 4.57 Å². The summed E-state index contributed by atoms with van der Waals surface area (Å²) in [6, 6.07) is 16.8. The Morgan fingerprint density at radius 2 is 1.63 bits per heavy atom. The van der Waals surface area contributed by atoms with Crippen LogP contribution < -0.4 is 9.62 Å². The Labute approximate surface area is 244 Å². The highest BCUT2D eigenvalue weighted by molar-refractivity contribution is 7.89. The summed E-state index contributed by atoms with van der Waals surface area (Å²) in [5.41, 5.74) is 2.66. The molecule has 0 atom stereocenters. The molecule has 0 unspecified atom stereocenters. The van der Waals surface area contributed by atoms with Gasteiger partial charge in [0.25, 0.3) is 0 Å². The van der Waals surface area contributed by atoms with E-state index in [-0.39, 0.29) is 4.90 Å². The number of rotatable bonds is 6. The summed E-state index contributed by atoms with van der Waals surface area (Å²) in [6.45, 7) is 0.957. The molecular formula is C28H22Cl2F2N6O2S. The van der Waals surface area contributed by atoms with Gasteiger partial charge in [0.1, 0.15) is 12.2 Å². The molecule has 1 saturated heterocycles. The molecule has 210 valence electrons. The number of halogens is 4. The molecule has 0 saturated carbocycles. The third-order valence-electron chi connectivity index (χ3n) is 6.94. The second-order valence-electron chi connectivity index (χ2n) is 9.56. The van der Waals surface area contributed by atoms with E-state index in [1.807, 2.05) is 39.8 Å². The fourth-order valence-corrected chi connectivity index (χ4v) is 6.57. The fraction of sp³-hybridized carbons (Fsp3) is 0.179. The minimum atomic E-state index is -4.03. The van der Waals surface area contributed by atoms with Crippen molar-refractivity contribution in [2.45, 2.75) is 23.8 Å². The Hall–Kier alpha value is -3.64. The van der Waals surface area contributed by atoms with Gasteiger partial charge in [-0.15, -0.1) is 0 Å². The zero-order valence-corrected chi connectivity index (χ0v) is 23.6. The molecule has 8 nitrogen and oxygen atoms in total. The van der Waals surface area contributed by atoms with E-state index >= 15 is 0 Å². The summed E-state index contributed by atoms with van der Waals surface area (Å²) in [7, 11) is -4.03. The molecule has 3 heterocycles. The predicted octanol–water partition coefficient (Wildman–Crippen LogP) is 6.01. The van der Waals surface area contributed by atoms with Crippen LogP contribution in [0.25, 0.3) is 28.2 Å². The maximum absolute atomic E-state index is 13.6. The molecule has 0 radical (unpaired) electrons. The maximum atomic E-state index is 13.6. The van der Waals surface area contributed by atoms with Gasteiger partial charge in [0.05, 0.1) is 9.92 Å². The Kier molecular flexibility index (Phi) is 7.37. The number of benzene rings is 3. The normalized spacial score (nSPS) is 14.6. The van der Waals surface area contributed by atoms with Crippen LogP contribution in [0.5, 0.6) is 0 Å². The van der Waals surface area contributed by atoms with Crippen molar-refractivity contribution in [3.05, 3.63) is 94.7 Å². The van der Waals surface area contributed by atoms with Gasteiger partial charge in [0, 0.05) is 35.4 Å². The number of nitrogens with one attached hydrogen (secondary N) is 1. The first-order valence-corrected chi connectivity index (χ1v) is 14.9. The van der Waals surface area contributed by atoms with Crippen LogP contribution in [-0.4, -0.2) is 47.1 Å². The zero-order chi connectivity index (χ0) is 28.7. The predicted molar refractivity (Wildman–Crippen MR) is 154 cm³/mol. The average Bonchev–Trinajstić information content (AvgIpc) is 3.35. The number of hydrogen-bond donors (Lipinski definition) is 1. The van der Waals surface area contributed by atoms with Crippen molar-refractivity contribution in [1.29, 1.82) is 0 Å². The van der Waals surface area contributed by atoms with Crippen LogP contribution in [0.15, 0.2) is 78.0 Å². The number of sulfonamides is 1. The number of aromatic nitrogens is 4. The smallest absolute Gasteiger partial charge is 0.240 e. The van der Waals surface area contributed by atoms with Crippen molar-refractivity contribution in [3.8, 4) is 17.1 Å². The maximum Gasteiger partial charge on any atom is 0.240 e. The topological polar surface area (TPSA) is 93.0 Å². The van der Waals surface area contributed by atoms with Crippen molar-refractivity contribution < 1.29 is 17.2 Å². The van der Waals surface area contributed by atoms with E-state index in [0.717, 1.165) is 23.4 Å². The summed E-state index contributed by atoms with van der Waals surface area (Å²) >= 11 is 12.7. The van der Waals surface area contributed by atoms with Gasteiger partial charge in [0.15, 0.2) is 28.6 Å². The lowest BCUT2D eigenvalue weighted by atomic mass is 10.1. The third kappa shape index (κ3) is 5.38. The van der Waals surface area contributed by atoms with Gasteiger partial charge in [-0.1, -0.05) is 35.3 Å². The summed E-state index contributed by atoms with van der Waals surface area (Å²) in [5.74, 6) is -1.13. The molecule has 1 aliphatic rings. The van der Waals surface area contributed by atoms with Crippen LogP contribution in [0, 0.1) is 11.6 Å². The van der Waals surface area contributed by atoms with Gasteiger partial charge < -0.3 is 4.90 Å². The quantitative estimate of drug-likeness (QED) is 0.252. The highest BCUT2D eigenvalue weighted by atomic mass is 35.5. The van der Waals surface area contributed by atoms with Crippen molar-refractivity contribution in [2.24, 2.45) is 0 Å². The van der Waals surface area contributed by atoms with Crippen LogP contribution >= 0.6 is 23.2 Å². The van der Waals surface area contributed by atoms with E-state index in [9.17, 15) is 17.2 Å². The van der Waals surface area contributed by atoms with Crippen LogP contribution in [0.3, 0.4) is 0 Å². The fourth-order valence-electron chi connectivity index (χ4n) is 4.91. The molecule has 1 aliphatic heterocycles. The molecule has 13 heteroatoms. The van der Waals surface area contributed by atoms with Crippen LogP contribution in [0.4, 0.5) is 14.6 Å². The second kappa shape index (κ2) is 11.0. The monoisotopic (exact) mass is 614 g/mol. The van der Waals surface area contributed by atoms with Crippen LogP contribution in [0.1, 0.15) is 12.8 Å². The van der Waals surface area contributed by atoms with Gasteiger partial charge in [-0.05, 0) is 67.4 Å². The molecule has 41 heavy (non-hydrogen) atoms.